The van der Waals surface area contributed by atoms with Gasteiger partial charge < -0.3 is 14.6 Å². The topological polar surface area (TPSA) is 72.8 Å². The zero-order chi connectivity index (χ0) is 14.2. The van der Waals surface area contributed by atoms with Crippen LogP contribution < -0.4 is 0 Å². The van der Waals surface area contributed by atoms with E-state index in [1.807, 2.05) is 0 Å². The summed E-state index contributed by atoms with van der Waals surface area (Å²) in [7, 11) is 1.49. The summed E-state index contributed by atoms with van der Waals surface area (Å²) in [4.78, 5) is 21.1. The number of carboxylic acid groups (broad SMARTS) is 1. The second-order valence-corrected chi connectivity index (χ2v) is 5.57. The lowest BCUT2D eigenvalue weighted by Gasteiger charge is -2.23. The van der Waals surface area contributed by atoms with Crippen molar-refractivity contribution in [2.24, 2.45) is 23.7 Å². The van der Waals surface area contributed by atoms with E-state index in [0.717, 1.165) is 13.0 Å². The fourth-order valence-electron chi connectivity index (χ4n) is 3.59. The molecule has 3 aliphatic rings. The Balaban J connectivity index is 0.000000192. The lowest BCUT2D eigenvalue weighted by molar-refractivity contribution is -0.148. The van der Waals surface area contributed by atoms with Crippen LogP contribution in [0.4, 0.5) is 0 Å². The van der Waals surface area contributed by atoms with Crippen LogP contribution in [0.25, 0.3) is 0 Å². The van der Waals surface area contributed by atoms with Crippen LogP contribution >= 0.6 is 0 Å². The van der Waals surface area contributed by atoms with Crippen molar-refractivity contribution >= 4 is 11.9 Å². The number of esters is 1. The molecule has 2 aliphatic carbocycles. The molecule has 1 aliphatic heterocycles. The minimum atomic E-state index is -0.935. The molecule has 0 aromatic carbocycles. The quantitative estimate of drug-likeness (QED) is 0.606. The van der Waals surface area contributed by atoms with Crippen molar-refractivity contribution in [3.05, 3.63) is 12.2 Å². The lowest BCUT2D eigenvalue weighted by atomic mass is 9.80. The Morgan fingerprint density at radius 2 is 1.95 bits per heavy atom. The molecule has 106 valence electrons. The Morgan fingerprint density at radius 1 is 1.32 bits per heavy atom. The number of carboxylic acids is 1. The van der Waals surface area contributed by atoms with Crippen LogP contribution in [-0.2, 0) is 19.1 Å². The molecule has 3 rings (SSSR count). The average molecular weight is 268 g/mol. The molecule has 1 heterocycles. The van der Waals surface area contributed by atoms with E-state index < -0.39 is 5.97 Å². The fourth-order valence-corrected chi connectivity index (χ4v) is 3.59. The molecule has 5 heteroatoms. The van der Waals surface area contributed by atoms with Gasteiger partial charge in [-0.15, -0.1) is 0 Å². The van der Waals surface area contributed by atoms with E-state index in [-0.39, 0.29) is 17.5 Å². The van der Waals surface area contributed by atoms with Crippen LogP contribution in [0.15, 0.2) is 12.2 Å². The molecule has 0 spiro atoms. The van der Waals surface area contributed by atoms with Crippen molar-refractivity contribution < 1.29 is 24.2 Å². The third-order valence-electron chi connectivity index (χ3n) is 4.45. The number of aliphatic carboxylic acids is 1. The first kappa shape index (κ1) is 14.1. The third-order valence-corrected chi connectivity index (χ3v) is 4.45. The predicted molar refractivity (Wildman–Crippen MR) is 67.4 cm³/mol. The second-order valence-electron chi connectivity index (χ2n) is 5.57. The van der Waals surface area contributed by atoms with Crippen molar-refractivity contribution in [1.29, 1.82) is 0 Å². The zero-order valence-corrected chi connectivity index (χ0v) is 11.3. The molecule has 2 saturated carbocycles. The van der Waals surface area contributed by atoms with Crippen LogP contribution in [-0.4, -0.2) is 36.9 Å². The predicted octanol–water partition coefficient (Wildman–Crippen LogP) is 1.48. The number of hydrogen-bond donors (Lipinski definition) is 1. The summed E-state index contributed by atoms with van der Waals surface area (Å²) in [6, 6.07) is 0. The van der Waals surface area contributed by atoms with Gasteiger partial charge in [-0.05, 0) is 31.6 Å². The second kappa shape index (κ2) is 5.33. The van der Waals surface area contributed by atoms with Gasteiger partial charge in [0, 0.05) is 11.5 Å². The van der Waals surface area contributed by atoms with Gasteiger partial charge in [-0.1, -0.05) is 6.58 Å². The van der Waals surface area contributed by atoms with Gasteiger partial charge in [0.25, 0.3) is 0 Å². The Hall–Kier alpha value is -1.36. The summed E-state index contributed by atoms with van der Waals surface area (Å²) in [6.07, 6.45) is 2.74. The van der Waals surface area contributed by atoms with Gasteiger partial charge >= 0.3 is 11.9 Å². The maximum atomic E-state index is 11.5. The van der Waals surface area contributed by atoms with Crippen molar-refractivity contribution in [3.63, 3.8) is 0 Å². The molecule has 0 radical (unpaired) electrons. The monoisotopic (exact) mass is 268 g/mol. The number of fused-ring (bicyclic) bond motifs is 1. The molecule has 2 bridgehead atoms. The van der Waals surface area contributed by atoms with Crippen LogP contribution in [0.1, 0.15) is 19.8 Å². The Kier molecular flexibility index (Phi) is 3.94. The Labute approximate surface area is 112 Å². The summed E-state index contributed by atoms with van der Waals surface area (Å²) < 4.78 is 10.5. The first-order chi connectivity index (χ1) is 8.95. The van der Waals surface area contributed by atoms with Crippen LogP contribution in [0.5, 0.6) is 0 Å². The first-order valence-corrected chi connectivity index (χ1v) is 6.54. The van der Waals surface area contributed by atoms with Gasteiger partial charge in [0.2, 0.25) is 0 Å². The van der Waals surface area contributed by atoms with Crippen LogP contribution in [0.3, 0.4) is 0 Å². The molecule has 5 atom stereocenters. The third kappa shape index (κ3) is 2.52. The molecule has 19 heavy (non-hydrogen) atoms. The van der Waals surface area contributed by atoms with Crippen molar-refractivity contribution in [2.75, 3.05) is 13.7 Å². The van der Waals surface area contributed by atoms with E-state index in [1.54, 1.807) is 0 Å². The van der Waals surface area contributed by atoms with E-state index >= 15 is 0 Å². The van der Waals surface area contributed by atoms with Gasteiger partial charge in [0.05, 0.1) is 25.7 Å². The standard InChI is InChI=1S/C10H14O3.C4H6O2/c1-12-10(11)9-5-2-6-7(9)4-13-8(6)3-5;1-3(2)4(5)6/h5-9H,2-4H2,1H3;1H2,2H3,(H,5,6). The summed E-state index contributed by atoms with van der Waals surface area (Å²) in [5.74, 6) is 0.880. The largest absolute Gasteiger partial charge is 0.478 e. The molecule has 1 saturated heterocycles. The summed E-state index contributed by atoms with van der Waals surface area (Å²) in [5.41, 5.74) is 0.176. The minimum absolute atomic E-state index is 0.0125. The van der Waals surface area contributed by atoms with E-state index in [4.69, 9.17) is 14.6 Å². The molecular formula is C14H20O5. The number of carbonyl (C=O) groups is 2. The van der Waals surface area contributed by atoms with E-state index in [9.17, 15) is 9.59 Å². The van der Waals surface area contributed by atoms with Gasteiger partial charge in [-0.2, -0.15) is 0 Å². The summed E-state index contributed by atoms with van der Waals surface area (Å²) >= 11 is 0. The number of carbonyl (C=O) groups excluding carboxylic acids is 1. The lowest BCUT2D eigenvalue weighted by Crippen LogP contribution is -2.31. The molecule has 5 unspecified atom stereocenters. The van der Waals surface area contributed by atoms with Gasteiger partial charge in [-0.3, -0.25) is 4.79 Å². The van der Waals surface area contributed by atoms with Gasteiger partial charge in [0.15, 0.2) is 0 Å². The fraction of sp³-hybridized carbons (Fsp3) is 0.714. The normalized spacial score (nSPS) is 37.5. The van der Waals surface area contributed by atoms with Crippen molar-refractivity contribution in [3.8, 4) is 0 Å². The first-order valence-electron chi connectivity index (χ1n) is 6.54. The average Bonchev–Trinajstić information content (AvgIpc) is 2.97. The maximum absolute atomic E-state index is 11.5. The molecule has 0 amide bonds. The molecule has 3 fully saturated rings. The Morgan fingerprint density at radius 3 is 2.47 bits per heavy atom. The van der Waals surface area contributed by atoms with Crippen molar-refractivity contribution in [1.82, 2.24) is 0 Å². The zero-order valence-electron chi connectivity index (χ0n) is 11.3. The molecular weight excluding hydrogens is 248 g/mol. The van der Waals surface area contributed by atoms with Gasteiger partial charge in [-0.25, -0.2) is 4.79 Å². The molecule has 5 nitrogen and oxygen atoms in total. The molecule has 0 aromatic heterocycles. The molecule has 1 N–H and O–H groups in total. The summed E-state index contributed by atoms with van der Waals surface area (Å²) in [5, 5.41) is 7.89. The van der Waals surface area contributed by atoms with Gasteiger partial charge in [0.1, 0.15) is 0 Å². The van der Waals surface area contributed by atoms with Crippen LogP contribution in [0, 0.1) is 23.7 Å². The minimum Gasteiger partial charge on any atom is -0.478 e. The highest BCUT2D eigenvalue weighted by atomic mass is 16.5. The number of methoxy groups -OCH3 is 1. The van der Waals surface area contributed by atoms with E-state index in [2.05, 4.69) is 6.58 Å². The van der Waals surface area contributed by atoms with E-state index in [0.29, 0.717) is 23.9 Å². The SMILES string of the molecule is C=C(C)C(=O)O.COC(=O)C1C2CC3OCC1C3C2. The highest BCUT2D eigenvalue weighted by Crippen LogP contribution is 2.57. The highest BCUT2D eigenvalue weighted by Gasteiger charge is 2.59. The Bertz CT molecular complexity index is 389. The van der Waals surface area contributed by atoms with Crippen LogP contribution in [0.2, 0.25) is 0 Å². The highest BCUT2D eigenvalue weighted by molar-refractivity contribution is 5.84. The molecule has 0 aromatic rings. The van der Waals surface area contributed by atoms with E-state index in [1.165, 1.54) is 20.5 Å². The maximum Gasteiger partial charge on any atom is 0.330 e. The summed E-state index contributed by atoms with van der Waals surface area (Å²) in [6.45, 7) is 5.39. The number of hydrogen-bond acceptors (Lipinski definition) is 4. The smallest absolute Gasteiger partial charge is 0.330 e. The number of ether oxygens (including phenoxy) is 2. The number of rotatable bonds is 2. The van der Waals surface area contributed by atoms with Crippen molar-refractivity contribution in [2.45, 2.75) is 25.9 Å².